The Morgan fingerprint density at radius 1 is 1.22 bits per heavy atom. The van der Waals surface area contributed by atoms with Crippen molar-refractivity contribution < 1.29 is 18.7 Å². The van der Waals surface area contributed by atoms with Crippen molar-refractivity contribution in [1.29, 1.82) is 0 Å². The highest BCUT2D eigenvalue weighted by molar-refractivity contribution is 5.95. The molecule has 2 amide bonds. The number of nitrogens with one attached hydrogen (secondary N) is 2. The van der Waals surface area contributed by atoms with Gasteiger partial charge in [-0.25, -0.2) is 19.3 Å². The number of hydrogen-bond donors (Lipinski definition) is 2. The van der Waals surface area contributed by atoms with Crippen LogP contribution >= 0.6 is 0 Å². The van der Waals surface area contributed by atoms with Gasteiger partial charge in [0, 0.05) is 29.9 Å². The third kappa shape index (κ3) is 4.96. The van der Waals surface area contributed by atoms with Crippen LogP contribution in [0.3, 0.4) is 0 Å². The van der Waals surface area contributed by atoms with E-state index in [0.29, 0.717) is 11.4 Å². The number of amides is 2. The van der Waals surface area contributed by atoms with Gasteiger partial charge < -0.3 is 10.1 Å². The number of alkyl halides is 1. The van der Waals surface area contributed by atoms with Gasteiger partial charge in [0.15, 0.2) is 0 Å². The van der Waals surface area contributed by atoms with Gasteiger partial charge in [-0.2, -0.15) is 0 Å². The van der Waals surface area contributed by atoms with Crippen LogP contribution < -0.4 is 15.4 Å². The van der Waals surface area contributed by atoms with Crippen molar-refractivity contribution in [2.75, 3.05) is 12.2 Å². The molecule has 3 rings (SSSR count). The third-order valence-corrected chi connectivity index (χ3v) is 4.08. The minimum absolute atomic E-state index is 0.0196. The van der Waals surface area contributed by atoms with Crippen LogP contribution in [-0.2, 0) is 11.3 Å². The lowest BCUT2D eigenvalue weighted by atomic mass is 10.2. The minimum atomic E-state index is -0.949. The molecule has 2 aromatic rings. The van der Waals surface area contributed by atoms with Crippen LogP contribution in [0.4, 0.5) is 10.3 Å². The number of rotatable bonds is 7. The first kappa shape index (κ1) is 18.7. The molecule has 142 valence electrons. The van der Waals surface area contributed by atoms with Crippen molar-refractivity contribution in [2.24, 2.45) is 5.92 Å². The monoisotopic (exact) mass is 373 g/mol. The number of pyridine rings is 1. The van der Waals surface area contributed by atoms with Gasteiger partial charge in [-0.1, -0.05) is 6.07 Å². The molecule has 1 aliphatic rings. The van der Waals surface area contributed by atoms with E-state index in [4.69, 9.17) is 4.74 Å². The average molecular weight is 373 g/mol. The molecule has 1 aliphatic carbocycles. The van der Waals surface area contributed by atoms with Crippen molar-refractivity contribution in [3.8, 4) is 5.88 Å². The highest BCUT2D eigenvalue weighted by atomic mass is 19.1. The maximum absolute atomic E-state index is 12.4. The van der Waals surface area contributed by atoms with E-state index >= 15 is 0 Å². The molecule has 0 bridgehead atoms. The van der Waals surface area contributed by atoms with Gasteiger partial charge >= 0.3 is 0 Å². The number of carbonyl (C=O) groups excluding carboxylic acids is 2. The molecule has 0 atom stereocenters. The molecular weight excluding hydrogens is 353 g/mol. The maximum Gasteiger partial charge on any atom is 0.270 e. The minimum Gasteiger partial charge on any atom is -0.446 e. The third-order valence-electron chi connectivity index (χ3n) is 4.08. The fourth-order valence-corrected chi connectivity index (χ4v) is 2.45. The summed E-state index contributed by atoms with van der Waals surface area (Å²) in [5.41, 5.74) is 2.13. The van der Waals surface area contributed by atoms with Crippen molar-refractivity contribution >= 4 is 17.8 Å². The molecule has 2 heterocycles. The first-order chi connectivity index (χ1) is 13.0. The summed E-state index contributed by atoms with van der Waals surface area (Å²) in [6.07, 6.45) is 1.74. The SMILES string of the molecule is Cc1cc(C(=O)NCc2ccc(OCF)nc2C)nc(NC(=O)C2CC2)n1. The largest absolute Gasteiger partial charge is 0.446 e. The molecule has 2 aromatic heterocycles. The van der Waals surface area contributed by atoms with E-state index in [1.165, 1.54) is 6.07 Å². The summed E-state index contributed by atoms with van der Waals surface area (Å²) in [4.78, 5) is 36.7. The lowest BCUT2D eigenvalue weighted by Gasteiger charge is -2.10. The van der Waals surface area contributed by atoms with E-state index in [1.54, 1.807) is 26.0 Å². The maximum atomic E-state index is 12.4. The summed E-state index contributed by atoms with van der Waals surface area (Å²) in [7, 11) is 0. The van der Waals surface area contributed by atoms with E-state index in [-0.39, 0.29) is 35.9 Å². The number of ether oxygens (including phenoxy) is 1. The second kappa shape index (κ2) is 8.07. The van der Waals surface area contributed by atoms with Gasteiger partial charge in [0.1, 0.15) is 5.69 Å². The Bertz CT molecular complexity index is 870. The summed E-state index contributed by atoms with van der Waals surface area (Å²) in [6, 6.07) is 4.79. The Labute approximate surface area is 155 Å². The molecule has 0 unspecified atom stereocenters. The predicted octanol–water partition coefficient (Wildman–Crippen LogP) is 2.07. The van der Waals surface area contributed by atoms with E-state index in [1.807, 2.05) is 0 Å². The van der Waals surface area contributed by atoms with E-state index < -0.39 is 12.8 Å². The standard InChI is InChI=1S/C18H20FN5O3/c1-10-7-14(23-18(21-10)24-16(25)12-3-4-12)17(26)20-8-13-5-6-15(27-9-19)22-11(13)2/h5-7,12H,3-4,8-9H2,1-2H3,(H,20,26)(H,21,23,24,25). The highest BCUT2D eigenvalue weighted by Crippen LogP contribution is 2.29. The summed E-state index contributed by atoms with van der Waals surface area (Å²) >= 11 is 0. The Kier molecular flexibility index (Phi) is 5.58. The van der Waals surface area contributed by atoms with Gasteiger partial charge in [-0.15, -0.1) is 0 Å². The quantitative estimate of drug-likeness (QED) is 0.770. The summed E-state index contributed by atoms with van der Waals surface area (Å²) in [6.45, 7) is 2.74. The zero-order chi connectivity index (χ0) is 19.4. The summed E-state index contributed by atoms with van der Waals surface area (Å²) < 4.78 is 16.9. The van der Waals surface area contributed by atoms with Crippen LogP contribution in [0, 0.1) is 19.8 Å². The zero-order valence-electron chi connectivity index (χ0n) is 15.1. The summed E-state index contributed by atoms with van der Waals surface area (Å²) in [5, 5.41) is 5.40. The molecule has 2 N–H and O–H groups in total. The van der Waals surface area contributed by atoms with Crippen molar-refractivity contribution in [3.63, 3.8) is 0 Å². The Morgan fingerprint density at radius 2 is 2.00 bits per heavy atom. The molecule has 8 nitrogen and oxygen atoms in total. The van der Waals surface area contributed by atoms with E-state index in [9.17, 15) is 14.0 Å². The number of halogens is 1. The Morgan fingerprint density at radius 3 is 2.67 bits per heavy atom. The van der Waals surface area contributed by atoms with Gasteiger partial charge in [-0.3, -0.25) is 14.9 Å². The topological polar surface area (TPSA) is 106 Å². The van der Waals surface area contributed by atoms with Crippen LogP contribution in [0.15, 0.2) is 18.2 Å². The molecule has 9 heteroatoms. The fraction of sp³-hybridized carbons (Fsp3) is 0.389. The second-order valence-electron chi connectivity index (χ2n) is 6.31. The highest BCUT2D eigenvalue weighted by Gasteiger charge is 2.30. The first-order valence-electron chi connectivity index (χ1n) is 8.56. The van der Waals surface area contributed by atoms with Gasteiger partial charge in [0.05, 0.1) is 0 Å². The molecule has 27 heavy (non-hydrogen) atoms. The number of aromatic nitrogens is 3. The van der Waals surface area contributed by atoms with Crippen molar-refractivity contribution in [3.05, 3.63) is 40.8 Å². The average Bonchev–Trinajstić information content (AvgIpc) is 3.45. The Hall–Kier alpha value is -3.10. The van der Waals surface area contributed by atoms with E-state index in [0.717, 1.165) is 18.4 Å². The lowest BCUT2D eigenvalue weighted by molar-refractivity contribution is -0.117. The van der Waals surface area contributed by atoms with Crippen LogP contribution in [0.25, 0.3) is 0 Å². The van der Waals surface area contributed by atoms with Gasteiger partial charge in [0.25, 0.3) is 5.91 Å². The van der Waals surface area contributed by atoms with Crippen LogP contribution in [0.1, 0.15) is 40.3 Å². The van der Waals surface area contributed by atoms with Gasteiger partial charge in [-0.05, 0) is 38.3 Å². The number of anilines is 1. The smallest absolute Gasteiger partial charge is 0.270 e. The molecule has 0 radical (unpaired) electrons. The molecular formula is C18H20FN5O3. The molecule has 0 spiro atoms. The first-order valence-corrected chi connectivity index (χ1v) is 8.56. The molecule has 0 aromatic carbocycles. The lowest BCUT2D eigenvalue weighted by Crippen LogP contribution is -2.25. The molecule has 0 saturated heterocycles. The van der Waals surface area contributed by atoms with Crippen molar-refractivity contribution in [1.82, 2.24) is 20.3 Å². The number of carbonyl (C=O) groups is 2. The van der Waals surface area contributed by atoms with E-state index in [2.05, 4.69) is 25.6 Å². The normalized spacial score (nSPS) is 13.1. The number of aryl methyl sites for hydroxylation is 2. The molecule has 1 fully saturated rings. The van der Waals surface area contributed by atoms with Crippen LogP contribution in [0.2, 0.25) is 0 Å². The summed E-state index contributed by atoms with van der Waals surface area (Å²) in [5.74, 6) is -0.184. The van der Waals surface area contributed by atoms with Crippen LogP contribution in [0.5, 0.6) is 5.88 Å². The zero-order valence-corrected chi connectivity index (χ0v) is 15.1. The van der Waals surface area contributed by atoms with Crippen molar-refractivity contribution in [2.45, 2.75) is 33.2 Å². The number of hydrogen-bond acceptors (Lipinski definition) is 6. The molecule has 1 saturated carbocycles. The second-order valence-corrected chi connectivity index (χ2v) is 6.31. The van der Waals surface area contributed by atoms with Gasteiger partial charge in [0.2, 0.25) is 24.6 Å². The Balaban J connectivity index is 1.65. The number of nitrogens with zero attached hydrogens (tertiary/aromatic N) is 3. The molecule has 0 aliphatic heterocycles. The van der Waals surface area contributed by atoms with Crippen LogP contribution in [-0.4, -0.2) is 33.6 Å². The predicted molar refractivity (Wildman–Crippen MR) is 94.9 cm³/mol. The fourth-order valence-electron chi connectivity index (χ4n) is 2.45.